The summed E-state index contributed by atoms with van der Waals surface area (Å²) in [6.07, 6.45) is 2.67. The second kappa shape index (κ2) is 8.07. The van der Waals surface area contributed by atoms with Crippen molar-refractivity contribution in [1.82, 2.24) is 19.5 Å². The number of fused-ring (bicyclic) bond motifs is 2. The maximum Gasteiger partial charge on any atom is 0.226 e. The molecular formula is C23H22ClN5O2. The van der Waals surface area contributed by atoms with E-state index in [0.717, 1.165) is 41.4 Å². The third-order valence-electron chi connectivity index (χ3n) is 5.63. The maximum absolute atomic E-state index is 6.34. The number of methoxy groups -OCH3 is 2. The van der Waals surface area contributed by atoms with Crippen LogP contribution in [0.4, 0.5) is 5.82 Å². The van der Waals surface area contributed by atoms with Crippen LogP contribution in [-0.2, 0) is 19.5 Å². The summed E-state index contributed by atoms with van der Waals surface area (Å²) in [5.74, 6) is 2.23. The number of nitrogens with zero attached hydrogens (tertiary/aromatic N) is 5. The molecule has 31 heavy (non-hydrogen) atoms. The number of aromatic nitrogens is 4. The summed E-state index contributed by atoms with van der Waals surface area (Å²) in [5.41, 5.74) is 5.09. The lowest BCUT2D eigenvalue weighted by Gasteiger charge is -2.30. The molecule has 0 saturated carbocycles. The summed E-state index contributed by atoms with van der Waals surface area (Å²) in [7, 11) is 3.31. The normalized spacial score (nSPS) is 13.3. The number of anilines is 1. The lowest BCUT2D eigenvalue weighted by atomic mass is 9.98. The van der Waals surface area contributed by atoms with Crippen molar-refractivity contribution in [2.45, 2.75) is 19.5 Å². The first-order valence-corrected chi connectivity index (χ1v) is 10.4. The molecule has 0 N–H and O–H groups in total. The van der Waals surface area contributed by atoms with E-state index in [0.29, 0.717) is 13.1 Å². The van der Waals surface area contributed by atoms with E-state index in [4.69, 9.17) is 21.1 Å². The SMILES string of the molecule is COc1cc2c(cc1OC)CN(c1nc(Cl)nc3c1ncn3Cc1ccccc1)CC2. The van der Waals surface area contributed by atoms with Crippen molar-refractivity contribution in [2.75, 3.05) is 25.7 Å². The van der Waals surface area contributed by atoms with E-state index in [2.05, 4.69) is 38.1 Å². The highest BCUT2D eigenvalue weighted by Crippen LogP contribution is 2.35. The number of hydrogen-bond donors (Lipinski definition) is 0. The number of ether oxygens (including phenoxy) is 2. The third-order valence-corrected chi connectivity index (χ3v) is 5.80. The molecule has 0 saturated heterocycles. The summed E-state index contributed by atoms with van der Waals surface area (Å²) in [5, 5.41) is 0.218. The van der Waals surface area contributed by atoms with Gasteiger partial charge in [-0.05, 0) is 46.8 Å². The van der Waals surface area contributed by atoms with Crippen LogP contribution in [0, 0.1) is 0 Å². The van der Waals surface area contributed by atoms with Gasteiger partial charge >= 0.3 is 0 Å². The van der Waals surface area contributed by atoms with Crippen LogP contribution < -0.4 is 14.4 Å². The molecule has 3 heterocycles. The van der Waals surface area contributed by atoms with Crippen molar-refractivity contribution in [3.05, 3.63) is 70.8 Å². The summed E-state index contributed by atoms with van der Waals surface area (Å²) in [6.45, 7) is 2.16. The Morgan fingerprint density at radius 2 is 1.74 bits per heavy atom. The minimum Gasteiger partial charge on any atom is -0.493 e. The van der Waals surface area contributed by atoms with Gasteiger partial charge in [0.2, 0.25) is 5.28 Å². The molecule has 0 unspecified atom stereocenters. The average Bonchev–Trinajstić information content (AvgIpc) is 3.20. The van der Waals surface area contributed by atoms with Gasteiger partial charge in [0.05, 0.1) is 27.1 Å². The Hall–Kier alpha value is -3.32. The van der Waals surface area contributed by atoms with Crippen molar-refractivity contribution in [3.8, 4) is 11.5 Å². The molecule has 4 aromatic rings. The van der Waals surface area contributed by atoms with Crippen LogP contribution in [-0.4, -0.2) is 40.3 Å². The highest BCUT2D eigenvalue weighted by atomic mass is 35.5. The van der Waals surface area contributed by atoms with Crippen LogP contribution in [0.1, 0.15) is 16.7 Å². The molecule has 0 atom stereocenters. The van der Waals surface area contributed by atoms with E-state index in [1.54, 1.807) is 20.5 Å². The fourth-order valence-electron chi connectivity index (χ4n) is 4.08. The van der Waals surface area contributed by atoms with E-state index in [9.17, 15) is 0 Å². The first-order valence-electron chi connectivity index (χ1n) is 10.1. The fraction of sp³-hybridized carbons (Fsp3) is 0.261. The summed E-state index contributed by atoms with van der Waals surface area (Å²) < 4.78 is 12.9. The molecule has 1 aliphatic heterocycles. The standard InChI is InChI=1S/C23H22ClN5O2/c1-30-18-10-16-8-9-28(13-17(16)11-19(18)31-2)21-20-22(27-23(24)26-21)29(14-25-20)12-15-6-4-3-5-7-15/h3-7,10-11,14H,8-9,12-13H2,1-2H3. The third kappa shape index (κ3) is 3.65. The molecule has 5 rings (SSSR count). The van der Waals surface area contributed by atoms with E-state index in [1.165, 1.54) is 16.7 Å². The van der Waals surface area contributed by atoms with E-state index < -0.39 is 0 Å². The second-order valence-electron chi connectivity index (χ2n) is 7.49. The van der Waals surface area contributed by atoms with Crippen molar-refractivity contribution >= 4 is 28.6 Å². The fourth-order valence-corrected chi connectivity index (χ4v) is 4.24. The van der Waals surface area contributed by atoms with Gasteiger partial charge in [-0.3, -0.25) is 0 Å². The first kappa shape index (κ1) is 19.6. The molecule has 7 nitrogen and oxygen atoms in total. The Bertz CT molecular complexity index is 1240. The van der Waals surface area contributed by atoms with Gasteiger partial charge < -0.3 is 18.9 Å². The van der Waals surface area contributed by atoms with Crippen LogP contribution >= 0.6 is 11.6 Å². The van der Waals surface area contributed by atoms with Crippen LogP contribution in [0.15, 0.2) is 48.8 Å². The lowest BCUT2D eigenvalue weighted by Crippen LogP contribution is -2.31. The maximum atomic E-state index is 6.34. The Morgan fingerprint density at radius 3 is 2.48 bits per heavy atom. The number of halogens is 1. The monoisotopic (exact) mass is 435 g/mol. The molecule has 0 aliphatic carbocycles. The number of imidazole rings is 1. The Labute approximate surface area is 185 Å². The number of hydrogen-bond acceptors (Lipinski definition) is 6. The predicted octanol–water partition coefficient (Wildman–Crippen LogP) is 4.11. The van der Waals surface area contributed by atoms with Gasteiger partial charge in [-0.15, -0.1) is 0 Å². The summed E-state index contributed by atoms with van der Waals surface area (Å²) >= 11 is 6.34. The summed E-state index contributed by atoms with van der Waals surface area (Å²) in [4.78, 5) is 15.9. The lowest BCUT2D eigenvalue weighted by molar-refractivity contribution is 0.353. The van der Waals surface area contributed by atoms with Gasteiger partial charge in [0.25, 0.3) is 0 Å². The van der Waals surface area contributed by atoms with E-state index in [1.807, 2.05) is 28.8 Å². The van der Waals surface area contributed by atoms with Crippen LogP contribution in [0.5, 0.6) is 11.5 Å². The molecule has 0 amide bonds. The minimum absolute atomic E-state index is 0.218. The zero-order valence-electron chi connectivity index (χ0n) is 17.4. The highest BCUT2D eigenvalue weighted by Gasteiger charge is 2.24. The van der Waals surface area contributed by atoms with Gasteiger partial charge in [0, 0.05) is 13.1 Å². The smallest absolute Gasteiger partial charge is 0.226 e. The Balaban J connectivity index is 1.51. The average molecular weight is 436 g/mol. The largest absolute Gasteiger partial charge is 0.493 e. The minimum atomic E-state index is 0.218. The second-order valence-corrected chi connectivity index (χ2v) is 7.83. The Kier molecular flexibility index (Phi) is 5.11. The molecular weight excluding hydrogens is 414 g/mol. The molecule has 2 aromatic heterocycles. The van der Waals surface area contributed by atoms with Crippen LogP contribution in [0.3, 0.4) is 0 Å². The molecule has 8 heteroatoms. The van der Waals surface area contributed by atoms with Crippen molar-refractivity contribution in [1.29, 1.82) is 0 Å². The topological polar surface area (TPSA) is 65.3 Å². The van der Waals surface area contributed by atoms with Gasteiger partial charge in [0.15, 0.2) is 28.5 Å². The molecule has 0 bridgehead atoms. The van der Waals surface area contributed by atoms with Crippen molar-refractivity contribution < 1.29 is 9.47 Å². The molecule has 1 aliphatic rings. The van der Waals surface area contributed by atoms with Crippen LogP contribution in [0.25, 0.3) is 11.2 Å². The molecule has 0 spiro atoms. The number of rotatable bonds is 5. The van der Waals surface area contributed by atoms with E-state index in [-0.39, 0.29) is 5.28 Å². The van der Waals surface area contributed by atoms with E-state index >= 15 is 0 Å². The first-order chi connectivity index (χ1) is 15.2. The zero-order valence-corrected chi connectivity index (χ0v) is 18.1. The predicted molar refractivity (Wildman–Crippen MR) is 120 cm³/mol. The number of benzene rings is 2. The molecule has 0 radical (unpaired) electrons. The Morgan fingerprint density at radius 1 is 1.00 bits per heavy atom. The van der Waals surface area contributed by atoms with Crippen molar-refractivity contribution in [2.24, 2.45) is 0 Å². The van der Waals surface area contributed by atoms with Crippen LogP contribution in [0.2, 0.25) is 5.28 Å². The molecule has 158 valence electrons. The van der Waals surface area contributed by atoms with Gasteiger partial charge in [-0.25, -0.2) is 4.98 Å². The molecule has 0 fully saturated rings. The molecule has 2 aromatic carbocycles. The van der Waals surface area contributed by atoms with Gasteiger partial charge in [0.1, 0.15) is 0 Å². The highest BCUT2D eigenvalue weighted by molar-refractivity contribution is 6.28. The zero-order chi connectivity index (χ0) is 21.4. The van der Waals surface area contributed by atoms with Gasteiger partial charge in [-0.2, -0.15) is 9.97 Å². The van der Waals surface area contributed by atoms with Crippen molar-refractivity contribution in [3.63, 3.8) is 0 Å². The quantitative estimate of drug-likeness (QED) is 0.439. The van der Waals surface area contributed by atoms with Gasteiger partial charge in [-0.1, -0.05) is 30.3 Å². The summed E-state index contributed by atoms with van der Waals surface area (Å²) in [6, 6.07) is 14.3.